The van der Waals surface area contributed by atoms with Crippen LogP contribution in [0.25, 0.3) is 0 Å². The third-order valence-corrected chi connectivity index (χ3v) is 2.21. The number of hydrogen-bond acceptors (Lipinski definition) is 10. The lowest BCUT2D eigenvalue weighted by molar-refractivity contribution is 0.279. The summed E-state index contributed by atoms with van der Waals surface area (Å²) in [6, 6.07) is 0. The zero-order valence-corrected chi connectivity index (χ0v) is 7.81. The van der Waals surface area contributed by atoms with E-state index in [2.05, 4.69) is 29.9 Å². The topological polar surface area (TPSA) is 125 Å². The Morgan fingerprint density at radius 2 is 1.06 bits per heavy atom. The number of aromatic nitrogens is 4. The van der Waals surface area contributed by atoms with Crippen molar-refractivity contribution in [1.29, 1.82) is 0 Å². The summed E-state index contributed by atoms with van der Waals surface area (Å²) in [4.78, 5) is 2.59. The molecule has 3 rings (SSSR count). The van der Waals surface area contributed by atoms with Crippen LogP contribution in [0.5, 0.6) is 0 Å². The van der Waals surface area contributed by atoms with Gasteiger partial charge in [0.15, 0.2) is 0 Å². The second kappa shape index (κ2) is 3.15. The Morgan fingerprint density at radius 3 is 1.31 bits per heavy atom. The lowest BCUT2D eigenvalue weighted by atomic mass is 10.3. The van der Waals surface area contributed by atoms with Crippen molar-refractivity contribution in [3.05, 3.63) is 0 Å². The van der Waals surface area contributed by atoms with Gasteiger partial charge < -0.3 is 10.2 Å². The van der Waals surface area contributed by atoms with E-state index < -0.39 is 0 Å². The highest BCUT2D eigenvalue weighted by molar-refractivity contribution is 5.84. The highest BCUT2D eigenvalue weighted by Crippen LogP contribution is 2.42. The average molecular weight is 226 g/mol. The summed E-state index contributed by atoms with van der Waals surface area (Å²) < 4.78 is 9.08. The van der Waals surface area contributed by atoms with E-state index in [1.807, 2.05) is 0 Å². The number of anilines is 4. The largest absolute Gasteiger partial charge is 0.376 e. The quantitative estimate of drug-likeness (QED) is 0.654. The van der Waals surface area contributed by atoms with Gasteiger partial charge in [-0.15, -0.1) is 0 Å². The number of rotatable bonds is 2. The molecule has 0 bridgehead atoms. The highest BCUT2D eigenvalue weighted by Gasteiger charge is 2.36. The number of nitrogens with zero attached hydrogens (tertiary/aromatic N) is 6. The lowest BCUT2D eigenvalue weighted by Crippen LogP contribution is -2.30. The zero-order valence-electron chi connectivity index (χ0n) is 7.81. The molecule has 2 N–H and O–H groups in total. The van der Waals surface area contributed by atoms with Crippen LogP contribution < -0.4 is 9.80 Å². The number of hydrogen-bond donors (Lipinski definition) is 2. The molecule has 0 amide bonds. The normalized spacial score (nSPS) is 13.9. The van der Waals surface area contributed by atoms with E-state index in [4.69, 9.17) is 0 Å². The average Bonchev–Trinajstić information content (AvgIpc) is 2.93. The van der Waals surface area contributed by atoms with Gasteiger partial charge in [-0.1, -0.05) is 0 Å². The minimum atomic E-state index is -0.387. The van der Waals surface area contributed by atoms with Crippen LogP contribution in [0.2, 0.25) is 0 Å². The molecule has 0 atom stereocenters. The maximum atomic E-state index is 9.21. The van der Waals surface area contributed by atoms with Crippen molar-refractivity contribution >= 4 is 23.3 Å². The third-order valence-electron chi connectivity index (χ3n) is 2.21. The fourth-order valence-electron chi connectivity index (χ4n) is 1.51. The van der Waals surface area contributed by atoms with Crippen molar-refractivity contribution in [2.45, 2.75) is 0 Å². The first-order valence-electron chi connectivity index (χ1n) is 4.28. The first-order chi connectivity index (χ1) is 7.86. The molecule has 2 aromatic rings. The summed E-state index contributed by atoms with van der Waals surface area (Å²) in [6.07, 6.45) is 0. The van der Waals surface area contributed by atoms with E-state index in [1.165, 1.54) is 9.80 Å². The van der Waals surface area contributed by atoms with Crippen LogP contribution in [0.1, 0.15) is 0 Å². The Balaban J connectivity index is 2.21. The van der Waals surface area contributed by atoms with Gasteiger partial charge in [-0.2, -0.15) is 0 Å². The fraction of sp³-hybridized carbons (Fsp3) is 0.333. The molecule has 16 heavy (non-hydrogen) atoms. The van der Waals surface area contributed by atoms with E-state index >= 15 is 0 Å². The van der Waals surface area contributed by atoms with Crippen LogP contribution in [-0.2, 0) is 0 Å². The Morgan fingerprint density at radius 1 is 0.750 bits per heavy atom. The van der Waals surface area contributed by atoms with E-state index in [9.17, 15) is 10.2 Å². The van der Waals surface area contributed by atoms with Gasteiger partial charge >= 0.3 is 0 Å². The van der Waals surface area contributed by atoms with Gasteiger partial charge in [0.05, 0.1) is 0 Å². The summed E-state index contributed by atoms with van der Waals surface area (Å²) >= 11 is 0. The van der Waals surface area contributed by atoms with Gasteiger partial charge in [-0.05, 0) is 20.6 Å². The van der Waals surface area contributed by atoms with Crippen molar-refractivity contribution < 1.29 is 19.5 Å². The molecule has 0 spiro atoms. The van der Waals surface area contributed by atoms with Gasteiger partial charge in [0.1, 0.15) is 13.5 Å². The minimum Gasteiger partial charge on any atom is -0.376 e. The van der Waals surface area contributed by atoms with Gasteiger partial charge in [-0.3, -0.25) is 9.80 Å². The molecule has 10 heteroatoms. The number of aliphatic hydroxyl groups excluding tert-OH is 2. The molecular formula is C6H6N6O4. The number of aliphatic hydroxyl groups is 2. The molecule has 3 heterocycles. The molecule has 0 fully saturated rings. The van der Waals surface area contributed by atoms with Crippen molar-refractivity contribution in [3.8, 4) is 0 Å². The molecule has 0 unspecified atom stereocenters. The summed E-state index contributed by atoms with van der Waals surface area (Å²) in [5.41, 5.74) is 0. The summed E-state index contributed by atoms with van der Waals surface area (Å²) in [6.45, 7) is -0.774. The van der Waals surface area contributed by atoms with Gasteiger partial charge in [0, 0.05) is 0 Å². The van der Waals surface area contributed by atoms with E-state index in [0.29, 0.717) is 0 Å². The molecular weight excluding hydrogens is 220 g/mol. The van der Waals surface area contributed by atoms with Crippen LogP contribution in [0.15, 0.2) is 9.26 Å². The van der Waals surface area contributed by atoms with E-state index in [-0.39, 0.29) is 36.7 Å². The Labute approximate surface area is 87.6 Å². The molecule has 0 aromatic carbocycles. The Kier molecular flexibility index (Phi) is 1.78. The Hall–Kier alpha value is -2.20. The monoisotopic (exact) mass is 226 g/mol. The molecule has 10 nitrogen and oxygen atoms in total. The second-order valence-electron chi connectivity index (χ2n) is 2.96. The van der Waals surface area contributed by atoms with Crippen molar-refractivity contribution in [2.24, 2.45) is 0 Å². The van der Waals surface area contributed by atoms with Crippen LogP contribution >= 0.6 is 0 Å². The minimum absolute atomic E-state index is 0.236. The second-order valence-corrected chi connectivity index (χ2v) is 2.96. The molecule has 1 aliphatic rings. The molecule has 0 aliphatic carbocycles. The predicted octanol–water partition coefficient (Wildman–Crippen LogP) is -1.06. The SMILES string of the molecule is OCN1c2nonc2N(CO)c2nonc21. The van der Waals surface area contributed by atoms with Crippen molar-refractivity contribution in [1.82, 2.24) is 20.6 Å². The van der Waals surface area contributed by atoms with Crippen LogP contribution in [0.3, 0.4) is 0 Å². The van der Waals surface area contributed by atoms with E-state index in [0.717, 1.165) is 0 Å². The molecule has 84 valence electrons. The fourth-order valence-corrected chi connectivity index (χ4v) is 1.51. The molecule has 0 saturated heterocycles. The predicted molar refractivity (Wildman–Crippen MR) is 47.0 cm³/mol. The van der Waals surface area contributed by atoms with Gasteiger partial charge in [0.25, 0.3) is 0 Å². The number of fused-ring (bicyclic) bond motifs is 2. The summed E-state index contributed by atoms with van der Waals surface area (Å²) in [5, 5.41) is 32.8. The zero-order chi connectivity index (χ0) is 11.1. The molecule has 1 aliphatic heterocycles. The third kappa shape index (κ3) is 0.963. The van der Waals surface area contributed by atoms with E-state index in [1.54, 1.807) is 0 Å². The Bertz CT molecular complexity index is 425. The van der Waals surface area contributed by atoms with Crippen LogP contribution in [0.4, 0.5) is 23.3 Å². The maximum absolute atomic E-state index is 9.21. The maximum Gasteiger partial charge on any atom is 0.226 e. The van der Waals surface area contributed by atoms with Crippen LogP contribution in [-0.4, -0.2) is 44.3 Å². The van der Waals surface area contributed by atoms with Crippen molar-refractivity contribution in [3.63, 3.8) is 0 Å². The highest BCUT2D eigenvalue weighted by atomic mass is 16.6. The molecule has 0 saturated carbocycles. The summed E-state index contributed by atoms with van der Waals surface area (Å²) in [5.74, 6) is 0.944. The first kappa shape index (κ1) is 9.06. The van der Waals surface area contributed by atoms with Crippen molar-refractivity contribution in [2.75, 3.05) is 23.3 Å². The van der Waals surface area contributed by atoms with Gasteiger partial charge in [-0.25, -0.2) is 9.26 Å². The smallest absolute Gasteiger partial charge is 0.226 e. The molecule has 2 aromatic heterocycles. The first-order valence-corrected chi connectivity index (χ1v) is 4.28. The standard InChI is InChI=1S/C6H6N6O4/c13-1-11-3-5(9-15-7-3)12(2-14)6-4(11)8-16-10-6/h13-14H,1-2H2. The summed E-state index contributed by atoms with van der Waals surface area (Å²) in [7, 11) is 0. The van der Waals surface area contributed by atoms with Crippen LogP contribution in [0, 0.1) is 0 Å². The lowest BCUT2D eigenvalue weighted by Gasteiger charge is -2.26. The molecule has 0 radical (unpaired) electrons. The van der Waals surface area contributed by atoms with Gasteiger partial charge in [0.2, 0.25) is 23.3 Å².